The predicted octanol–water partition coefficient (Wildman–Crippen LogP) is 3.31. The van der Waals surface area contributed by atoms with Gasteiger partial charge in [0, 0.05) is 0 Å². The number of carbonyl (C=O) groups is 1. The van der Waals surface area contributed by atoms with Crippen LogP contribution in [0.1, 0.15) is 59.8 Å². The number of esters is 1. The van der Waals surface area contributed by atoms with Gasteiger partial charge in [-0.05, 0) is 31.6 Å². The van der Waals surface area contributed by atoms with Crippen molar-refractivity contribution in [3.8, 4) is 0 Å². The lowest BCUT2D eigenvalue weighted by Crippen LogP contribution is -2.43. The molecule has 3 heteroatoms. The molecule has 104 valence electrons. The van der Waals surface area contributed by atoms with E-state index in [0.29, 0.717) is 18.4 Å². The van der Waals surface area contributed by atoms with E-state index in [1.54, 1.807) is 0 Å². The van der Waals surface area contributed by atoms with Crippen LogP contribution in [0.4, 0.5) is 0 Å². The first-order valence-corrected chi connectivity index (χ1v) is 7.41. The van der Waals surface area contributed by atoms with E-state index < -0.39 is 5.60 Å². The van der Waals surface area contributed by atoms with E-state index >= 15 is 0 Å². The van der Waals surface area contributed by atoms with Gasteiger partial charge in [-0.15, -0.1) is 0 Å². The Hall–Kier alpha value is -0.570. The molecule has 0 N–H and O–H groups in total. The molecule has 2 rings (SSSR count). The van der Waals surface area contributed by atoms with Crippen molar-refractivity contribution in [1.29, 1.82) is 0 Å². The summed E-state index contributed by atoms with van der Waals surface area (Å²) in [6.07, 6.45) is 5.18. The minimum Gasteiger partial charge on any atom is -0.464 e. The topological polar surface area (TPSA) is 38.8 Å². The molecule has 0 aromatic heterocycles. The lowest BCUT2D eigenvalue weighted by atomic mass is 9.67. The summed E-state index contributed by atoms with van der Waals surface area (Å²) in [4.78, 5) is 12.3. The second-order valence-corrected chi connectivity index (χ2v) is 5.95. The molecule has 0 aromatic carbocycles. The van der Waals surface area contributed by atoms with E-state index in [1.165, 1.54) is 6.42 Å². The summed E-state index contributed by atoms with van der Waals surface area (Å²) >= 11 is 0. The van der Waals surface area contributed by atoms with Crippen molar-refractivity contribution >= 4 is 5.97 Å². The molecule has 1 spiro atoms. The highest BCUT2D eigenvalue weighted by Gasteiger charge is 2.77. The molecule has 18 heavy (non-hydrogen) atoms. The third-order valence-electron chi connectivity index (χ3n) is 5.00. The van der Waals surface area contributed by atoms with Crippen molar-refractivity contribution in [2.45, 2.75) is 71.0 Å². The van der Waals surface area contributed by atoms with Crippen LogP contribution in [-0.2, 0) is 14.3 Å². The van der Waals surface area contributed by atoms with Crippen molar-refractivity contribution in [3.63, 3.8) is 0 Å². The molecule has 1 saturated carbocycles. The Bertz CT molecular complexity index is 328. The lowest BCUT2D eigenvalue weighted by molar-refractivity contribution is -0.150. The Balaban J connectivity index is 2.22. The molecule has 1 heterocycles. The fraction of sp³-hybridized carbons (Fsp3) is 0.933. The van der Waals surface area contributed by atoms with Gasteiger partial charge in [0.25, 0.3) is 0 Å². The Kier molecular flexibility index (Phi) is 3.72. The van der Waals surface area contributed by atoms with Crippen molar-refractivity contribution < 1.29 is 14.3 Å². The van der Waals surface area contributed by atoms with Crippen LogP contribution >= 0.6 is 0 Å². The highest BCUT2D eigenvalue weighted by Crippen LogP contribution is 2.62. The van der Waals surface area contributed by atoms with Crippen LogP contribution in [0.2, 0.25) is 0 Å². The Morgan fingerprint density at radius 1 is 1.39 bits per heavy atom. The van der Waals surface area contributed by atoms with Crippen LogP contribution in [0.3, 0.4) is 0 Å². The number of hydrogen-bond acceptors (Lipinski definition) is 3. The van der Waals surface area contributed by atoms with Crippen molar-refractivity contribution in [2.24, 2.45) is 11.8 Å². The normalized spacial score (nSPS) is 42.9. The quantitative estimate of drug-likeness (QED) is 0.570. The van der Waals surface area contributed by atoms with Gasteiger partial charge in [-0.1, -0.05) is 40.0 Å². The first-order valence-electron chi connectivity index (χ1n) is 7.41. The van der Waals surface area contributed by atoms with Crippen molar-refractivity contribution in [1.82, 2.24) is 0 Å². The van der Waals surface area contributed by atoms with Crippen LogP contribution in [0.15, 0.2) is 0 Å². The smallest absolute Gasteiger partial charge is 0.341 e. The van der Waals surface area contributed by atoms with Crippen LogP contribution in [0.25, 0.3) is 0 Å². The SMILES string of the molecule is CCCC1(C(=O)OCC)OC12CCCC(C)C2C. The third kappa shape index (κ3) is 1.78. The molecule has 2 fully saturated rings. The highest BCUT2D eigenvalue weighted by molar-refractivity contribution is 5.85. The first kappa shape index (κ1) is 13.9. The molecular weight excluding hydrogens is 228 g/mol. The Morgan fingerprint density at radius 3 is 2.72 bits per heavy atom. The van der Waals surface area contributed by atoms with E-state index in [4.69, 9.17) is 9.47 Å². The van der Waals surface area contributed by atoms with Gasteiger partial charge in [0.1, 0.15) is 5.60 Å². The maximum Gasteiger partial charge on any atom is 0.341 e. The average Bonchev–Trinajstić information content (AvgIpc) is 2.97. The minimum atomic E-state index is -0.633. The summed E-state index contributed by atoms with van der Waals surface area (Å²) < 4.78 is 11.4. The van der Waals surface area contributed by atoms with Crippen LogP contribution in [0, 0.1) is 11.8 Å². The van der Waals surface area contributed by atoms with Gasteiger partial charge >= 0.3 is 5.97 Å². The zero-order valence-corrected chi connectivity index (χ0v) is 12.1. The van der Waals surface area contributed by atoms with Gasteiger partial charge in [0.05, 0.1) is 6.61 Å². The van der Waals surface area contributed by atoms with E-state index in [1.807, 2.05) is 6.92 Å². The zero-order valence-electron chi connectivity index (χ0n) is 12.1. The fourth-order valence-corrected chi connectivity index (χ4v) is 3.80. The number of hydrogen-bond donors (Lipinski definition) is 0. The third-order valence-corrected chi connectivity index (χ3v) is 5.00. The second-order valence-electron chi connectivity index (χ2n) is 5.95. The molecule has 3 nitrogen and oxygen atoms in total. The minimum absolute atomic E-state index is 0.132. The van der Waals surface area contributed by atoms with Gasteiger partial charge in [-0.2, -0.15) is 0 Å². The predicted molar refractivity (Wildman–Crippen MR) is 70.3 cm³/mol. The van der Waals surface area contributed by atoms with Crippen molar-refractivity contribution in [2.75, 3.05) is 6.61 Å². The van der Waals surface area contributed by atoms with E-state index in [2.05, 4.69) is 20.8 Å². The summed E-state index contributed by atoms with van der Waals surface area (Å²) in [5, 5.41) is 0. The fourth-order valence-electron chi connectivity index (χ4n) is 3.80. The number of rotatable bonds is 4. The molecular formula is C15H26O3. The van der Waals surface area contributed by atoms with Crippen molar-refractivity contribution in [3.05, 3.63) is 0 Å². The van der Waals surface area contributed by atoms with E-state index in [-0.39, 0.29) is 11.6 Å². The van der Waals surface area contributed by atoms with Gasteiger partial charge in [0.15, 0.2) is 5.60 Å². The number of epoxide rings is 1. The number of ether oxygens (including phenoxy) is 2. The average molecular weight is 254 g/mol. The maximum atomic E-state index is 12.3. The first-order chi connectivity index (χ1) is 8.54. The maximum absolute atomic E-state index is 12.3. The molecule has 0 bridgehead atoms. The molecule has 4 unspecified atom stereocenters. The molecule has 1 saturated heterocycles. The second kappa shape index (κ2) is 4.84. The van der Waals surface area contributed by atoms with Crippen LogP contribution in [-0.4, -0.2) is 23.8 Å². The summed E-state index contributed by atoms with van der Waals surface area (Å²) in [7, 11) is 0. The van der Waals surface area contributed by atoms with E-state index in [9.17, 15) is 4.79 Å². The molecule has 4 atom stereocenters. The summed E-state index contributed by atoms with van der Waals surface area (Å²) in [5.74, 6) is 0.946. The van der Waals surface area contributed by atoms with Crippen LogP contribution < -0.4 is 0 Å². The van der Waals surface area contributed by atoms with Crippen LogP contribution in [0.5, 0.6) is 0 Å². The molecule has 1 aliphatic heterocycles. The van der Waals surface area contributed by atoms with E-state index in [0.717, 1.165) is 25.7 Å². The van der Waals surface area contributed by atoms with Gasteiger partial charge in [-0.3, -0.25) is 0 Å². The Labute approximate surface area is 110 Å². The zero-order chi connectivity index (χ0) is 13.4. The van der Waals surface area contributed by atoms with Gasteiger partial charge < -0.3 is 9.47 Å². The summed E-state index contributed by atoms with van der Waals surface area (Å²) in [6, 6.07) is 0. The monoisotopic (exact) mass is 254 g/mol. The molecule has 1 aliphatic carbocycles. The summed E-state index contributed by atoms with van der Waals surface area (Å²) in [6.45, 7) is 8.91. The highest BCUT2D eigenvalue weighted by atomic mass is 16.7. The molecule has 2 aliphatic rings. The largest absolute Gasteiger partial charge is 0.464 e. The van der Waals surface area contributed by atoms with Gasteiger partial charge in [0.2, 0.25) is 0 Å². The molecule has 0 radical (unpaired) electrons. The lowest BCUT2D eigenvalue weighted by Gasteiger charge is -2.34. The molecule has 0 amide bonds. The van der Waals surface area contributed by atoms with Gasteiger partial charge in [-0.25, -0.2) is 4.79 Å². The number of carbonyl (C=O) groups excluding carboxylic acids is 1. The summed E-state index contributed by atoms with van der Waals surface area (Å²) in [5.41, 5.74) is -0.862. The Morgan fingerprint density at radius 2 is 2.11 bits per heavy atom. The molecule has 0 aromatic rings. The standard InChI is InChI=1S/C15H26O3/c1-5-9-15(13(16)17-6-2)14(18-15)10-7-8-11(3)12(14)4/h11-12H,5-10H2,1-4H3.